The third-order valence-corrected chi connectivity index (χ3v) is 6.35. The molecule has 2 saturated carbocycles. The number of rotatable bonds is 7. The van der Waals surface area contributed by atoms with Gasteiger partial charge in [0, 0.05) is 10.9 Å². The van der Waals surface area contributed by atoms with Crippen molar-refractivity contribution in [1.82, 2.24) is 5.32 Å². The van der Waals surface area contributed by atoms with Gasteiger partial charge >= 0.3 is 12.1 Å². The maximum absolute atomic E-state index is 12.4. The third kappa shape index (κ3) is 6.13. The monoisotopic (exact) mass is 407 g/mol. The molecule has 1 amide bonds. The van der Waals surface area contributed by atoms with E-state index in [1.165, 1.54) is 6.42 Å². The standard InChI is InChI=1S/C22H30ClNO4/c23-18-10-4-8-16(13-18)12-17-9-5-11-20(17)28-22(27)24-19(21(25)26)14-15-6-2-1-3-7-15/h4,8,10,13,15,17,19-20H,1-3,5-7,9,11-12,14H2,(H,24,27)(H,25,26). The highest BCUT2D eigenvalue weighted by molar-refractivity contribution is 6.30. The van der Waals surface area contributed by atoms with Crippen LogP contribution in [0.5, 0.6) is 0 Å². The molecule has 3 unspecified atom stereocenters. The van der Waals surface area contributed by atoms with Crippen molar-refractivity contribution in [2.45, 2.75) is 76.4 Å². The summed E-state index contributed by atoms with van der Waals surface area (Å²) in [6.45, 7) is 0. The smallest absolute Gasteiger partial charge is 0.408 e. The van der Waals surface area contributed by atoms with Crippen LogP contribution in [0, 0.1) is 11.8 Å². The van der Waals surface area contributed by atoms with E-state index in [0.29, 0.717) is 17.4 Å². The highest BCUT2D eigenvalue weighted by atomic mass is 35.5. The van der Waals surface area contributed by atoms with E-state index >= 15 is 0 Å². The van der Waals surface area contributed by atoms with Gasteiger partial charge in [-0.2, -0.15) is 0 Å². The topological polar surface area (TPSA) is 75.6 Å². The van der Waals surface area contributed by atoms with E-state index < -0.39 is 18.1 Å². The van der Waals surface area contributed by atoms with Crippen LogP contribution in [0.15, 0.2) is 24.3 Å². The molecule has 3 rings (SSSR count). The molecule has 0 heterocycles. The number of ether oxygens (including phenoxy) is 1. The van der Waals surface area contributed by atoms with Gasteiger partial charge in [-0.25, -0.2) is 9.59 Å². The number of hydrogen-bond donors (Lipinski definition) is 2. The van der Waals surface area contributed by atoms with Crippen LogP contribution in [0.25, 0.3) is 0 Å². The van der Waals surface area contributed by atoms with Crippen LogP contribution in [0.2, 0.25) is 5.02 Å². The number of carboxylic acid groups (broad SMARTS) is 1. The molecule has 154 valence electrons. The SMILES string of the molecule is O=C(NC(CC1CCCCC1)C(=O)O)OC1CCCC1Cc1cccc(Cl)c1. The van der Waals surface area contributed by atoms with Crippen molar-refractivity contribution >= 4 is 23.7 Å². The fourth-order valence-electron chi connectivity index (χ4n) is 4.65. The second-order valence-corrected chi connectivity index (χ2v) is 8.68. The molecule has 0 spiro atoms. The lowest BCUT2D eigenvalue weighted by atomic mass is 9.85. The Morgan fingerprint density at radius 1 is 1.14 bits per heavy atom. The number of hydrogen-bond acceptors (Lipinski definition) is 3. The van der Waals surface area contributed by atoms with Gasteiger partial charge in [0.15, 0.2) is 0 Å². The molecule has 0 aromatic heterocycles. The van der Waals surface area contributed by atoms with Gasteiger partial charge in [0.1, 0.15) is 12.1 Å². The first-order chi connectivity index (χ1) is 13.5. The number of amides is 1. The summed E-state index contributed by atoms with van der Waals surface area (Å²) in [7, 11) is 0. The summed E-state index contributed by atoms with van der Waals surface area (Å²) in [5.41, 5.74) is 1.13. The molecule has 0 radical (unpaired) electrons. The minimum Gasteiger partial charge on any atom is -0.480 e. The molecule has 0 bridgehead atoms. The van der Waals surface area contributed by atoms with E-state index in [9.17, 15) is 14.7 Å². The van der Waals surface area contributed by atoms with Gasteiger partial charge in [-0.15, -0.1) is 0 Å². The van der Waals surface area contributed by atoms with Crippen molar-refractivity contribution in [3.05, 3.63) is 34.9 Å². The Kier molecular flexibility index (Phi) is 7.60. The van der Waals surface area contributed by atoms with Crippen molar-refractivity contribution in [2.75, 3.05) is 0 Å². The van der Waals surface area contributed by atoms with Gasteiger partial charge in [-0.3, -0.25) is 0 Å². The number of aliphatic carboxylic acids is 1. The normalized spacial score (nSPS) is 23.9. The lowest BCUT2D eigenvalue weighted by Gasteiger charge is -2.26. The van der Waals surface area contributed by atoms with Gasteiger partial charge in [0.25, 0.3) is 0 Å². The number of carbonyl (C=O) groups is 2. The molecule has 0 aliphatic heterocycles. The summed E-state index contributed by atoms with van der Waals surface area (Å²) in [5.74, 6) is -0.368. The van der Waals surface area contributed by atoms with Crippen LogP contribution in [0.4, 0.5) is 4.79 Å². The van der Waals surface area contributed by atoms with Gasteiger partial charge in [0.05, 0.1) is 0 Å². The Labute approximate surface area is 171 Å². The number of carboxylic acids is 1. The van der Waals surface area contributed by atoms with Crippen molar-refractivity contribution in [2.24, 2.45) is 11.8 Å². The van der Waals surface area contributed by atoms with Crippen LogP contribution < -0.4 is 5.32 Å². The molecule has 5 nitrogen and oxygen atoms in total. The molecule has 0 saturated heterocycles. The second-order valence-electron chi connectivity index (χ2n) is 8.24. The first-order valence-electron chi connectivity index (χ1n) is 10.5. The van der Waals surface area contributed by atoms with E-state index in [-0.39, 0.29) is 12.0 Å². The molecule has 2 aliphatic carbocycles. The lowest BCUT2D eigenvalue weighted by molar-refractivity contribution is -0.140. The number of alkyl carbamates (subject to hydrolysis) is 1. The largest absolute Gasteiger partial charge is 0.480 e. The van der Waals surface area contributed by atoms with Crippen molar-refractivity contribution in [3.8, 4) is 0 Å². The fourth-order valence-corrected chi connectivity index (χ4v) is 4.86. The zero-order valence-electron chi connectivity index (χ0n) is 16.2. The average Bonchev–Trinajstić information content (AvgIpc) is 3.08. The van der Waals surface area contributed by atoms with Crippen molar-refractivity contribution < 1.29 is 19.4 Å². The zero-order chi connectivity index (χ0) is 19.9. The highest BCUT2D eigenvalue weighted by Crippen LogP contribution is 2.32. The van der Waals surface area contributed by atoms with E-state index in [1.807, 2.05) is 24.3 Å². The van der Waals surface area contributed by atoms with Crippen LogP contribution in [-0.2, 0) is 16.0 Å². The summed E-state index contributed by atoms with van der Waals surface area (Å²) in [4.78, 5) is 24.0. The molecule has 6 heteroatoms. The average molecular weight is 408 g/mol. The van der Waals surface area contributed by atoms with Crippen molar-refractivity contribution in [1.29, 1.82) is 0 Å². The molecule has 2 fully saturated rings. The Morgan fingerprint density at radius 3 is 2.64 bits per heavy atom. The maximum Gasteiger partial charge on any atom is 0.408 e. The molecule has 1 aromatic carbocycles. The number of benzene rings is 1. The first kappa shape index (κ1) is 21.0. The number of carbonyl (C=O) groups excluding carboxylic acids is 1. The minimum absolute atomic E-state index is 0.178. The molecule has 3 atom stereocenters. The van der Waals surface area contributed by atoms with E-state index in [2.05, 4.69) is 5.32 Å². The Bertz CT molecular complexity index is 674. The Balaban J connectivity index is 1.52. The Morgan fingerprint density at radius 2 is 1.93 bits per heavy atom. The molecule has 28 heavy (non-hydrogen) atoms. The quantitative estimate of drug-likeness (QED) is 0.651. The number of halogens is 1. The van der Waals surface area contributed by atoms with Gasteiger partial charge in [-0.1, -0.05) is 55.8 Å². The van der Waals surface area contributed by atoms with Crippen LogP contribution in [0.1, 0.15) is 63.4 Å². The summed E-state index contributed by atoms with van der Waals surface area (Å²) >= 11 is 6.07. The van der Waals surface area contributed by atoms with Gasteiger partial charge in [0.2, 0.25) is 0 Å². The van der Waals surface area contributed by atoms with E-state index in [0.717, 1.165) is 56.9 Å². The second kappa shape index (κ2) is 10.1. The van der Waals surface area contributed by atoms with E-state index in [4.69, 9.17) is 16.3 Å². The maximum atomic E-state index is 12.4. The van der Waals surface area contributed by atoms with Gasteiger partial charge in [-0.05, 0) is 55.7 Å². The van der Waals surface area contributed by atoms with Crippen LogP contribution in [0.3, 0.4) is 0 Å². The minimum atomic E-state index is -0.982. The Hall–Kier alpha value is -1.75. The zero-order valence-corrected chi connectivity index (χ0v) is 17.0. The number of nitrogens with one attached hydrogen (secondary N) is 1. The van der Waals surface area contributed by atoms with Gasteiger partial charge < -0.3 is 15.2 Å². The predicted octanol–water partition coefficient (Wildman–Crippen LogP) is 5.20. The van der Waals surface area contributed by atoms with Crippen molar-refractivity contribution in [3.63, 3.8) is 0 Å². The van der Waals surface area contributed by atoms with Crippen LogP contribution >= 0.6 is 11.6 Å². The van der Waals surface area contributed by atoms with E-state index in [1.54, 1.807) is 0 Å². The third-order valence-electron chi connectivity index (χ3n) is 6.12. The summed E-state index contributed by atoms with van der Waals surface area (Å²) in [5, 5.41) is 12.8. The first-order valence-corrected chi connectivity index (χ1v) is 10.8. The lowest BCUT2D eigenvalue weighted by Crippen LogP contribution is -2.44. The molecular weight excluding hydrogens is 378 g/mol. The molecule has 2 aliphatic rings. The molecule has 2 N–H and O–H groups in total. The summed E-state index contributed by atoms with van der Waals surface area (Å²) in [6, 6.07) is 6.88. The summed E-state index contributed by atoms with van der Waals surface area (Å²) < 4.78 is 5.65. The molecular formula is C22H30ClNO4. The predicted molar refractivity (Wildman–Crippen MR) is 109 cm³/mol. The highest BCUT2D eigenvalue weighted by Gasteiger charge is 2.32. The molecule has 1 aromatic rings. The fraction of sp³-hybridized carbons (Fsp3) is 0.636. The summed E-state index contributed by atoms with van der Waals surface area (Å²) in [6.07, 6.45) is 8.94. The van der Waals surface area contributed by atoms with Crippen LogP contribution in [-0.4, -0.2) is 29.3 Å².